The van der Waals surface area contributed by atoms with Crippen molar-refractivity contribution in [3.8, 4) is 17.1 Å². The highest BCUT2D eigenvalue weighted by atomic mass is 32.2. The number of fused-ring (bicyclic) bond motifs is 4. The van der Waals surface area contributed by atoms with Gasteiger partial charge < -0.3 is 4.57 Å². The van der Waals surface area contributed by atoms with E-state index < -0.39 is 0 Å². The van der Waals surface area contributed by atoms with E-state index in [2.05, 4.69) is 27.6 Å². The molecule has 0 fully saturated rings. The third-order valence-corrected chi connectivity index (χ3v) is 7.34. The molecule has 0 unspecified atom stereocenters. The van der Waals surface area contributed by atoms with Gasteiger partial charge in [0.05, 0.1) is 11.4 Å². The highest BCUT2D eigenvalue weighted by molar-refractivity contribution is 7.98. The van der Waals surface area contributed by atoms with E-state index in [-0.39, 0.29) is 5.56 Å². The maximum absolute atomic E-state index is 13.4. The first-order valence-corrected chi connectivity index (χ1v) is 12.6. The van der Waals surface area contributed by atoms with E-state index >= 15 is 0 Å². The summed E-state index contributed by atoms with van der Waals surface area (Å²) in [6.45, 7) is 4.91. The van der Waals surface area contributed by atoms with Crippen LogP contribution in [0.25, 0.3) is 22.9 Å². The lowest BCUT2D eigenvalue weighted by Gasteiger charge is -2.17. The second-order valence-corrected chi connectivity index (χ2v) is 9.73. The minimum Gasteiger partial charge on any atom is -0.324 e. The van der Waals surface area contributed by atoms with Crippen LogP contribution < -0.4 is 5.56 Å². The van der Waals surface area contributed by atoms with Crippen LogP contribution in [0.4, 0.5) is 0 Å². The fourth-order valence-electron chi connectivity index (χ4n) is 4.73. The van der Waals surface area contributed by atoms with Crippen LogP contribution in [0.2, 0.25) is 0 Å². The molecule has 3 aliphatic heterocycles. The molecular formula is C25H25N7OS. The molecule has 0 amide bonds. The number of para-hydroxylation sites is 1. The third-order valence-electron chi connectivity index (χ3n) is 6.33. The van der Waals surface area contributed by atoms with Crippen LogP contribution in [-0.4, -0.2) is 33.7 Å². The molecule has 0 saturated heterocycles. The van der Waals surface area contributed by atoms with Gasteiger partial charge in [-0.1, -0.05) is 36.4 Å². The first kappa shape index (κ1) is 21.1. The van der Waals surface area contributed by atoms with E-state index in [9.17, 15) is 4.79 Å². The van der Waals surface area contributed by atoms with Gasteiger partial charge in [-0.3, -0.25) is 9.20 Å². The number of hydrogen-bond donors (Lipinski definition) is 0. The summed E-state index contributed by atoms with van der Waals surface area (Å²) in [6.07, 6.45) is 6.20. The zero-order valence-electron chi connectivity index (χ0n) is 19.2. The lowest BCUT2D eigenvalue weighted by molar-refractivity contribution is 0.571. The van der Waals surface area contributed by atoms with E-state index in [1.54, 1.807) is 11.8 Å². The molecule has 0 atom stereocenters. The highest BCUT2D eigenvalue weighted by Crippen LogP contribution is 2.31. The Morgan fingerprint density at radius 2 is 1.88 bits per heavy atom. The molecule has 3 aromatic rings. The summed E-state index contributed by atoms with van der Waals surface area (Å²) < 4.78 is 5.75. The van der Waals surface area contributed by atoms with Gasteiger partial charge in [0.15, 0.2) is 11.0 Å². The molecule has 0 bridgehead atoms. The van der Waals surface area contributed by atoms with Gasteiger partial charge in [-0.25, -0.2) is 15.0 Å². The van der Waals surface area contributed by atoms with Crippen LogP contribution in [0.5, 0.6) is 0 Å². The molecule has 0 saturated carbocycles. The Kier molecular flexibility index (Phi) is 5.21. The molecule has 6 rings (SSSR count). The molecular weight excluding hydrogens is 446 g/mol. The molecule has 34 heavy (non-hydrogen) atoms. The standard InChI is InChI=1S/C25H25N7OS/c1-16-13-17(2)31-14-18(27-24(31)26-16)15-34-25-28-22-21(20-11-7-4-8-12-30(20)25)23(33)32(29-22)19-9-5-3-6-10-19/h3,5-6,9-10,13-14H,4,7-8,11-12,15H2,1-2H3. The fourth-order valence-corrected chi connectivity index (χ4v) is 5.66. The monoisotopic (exact) mass is 471 g/mol. The van der Waals surface area contributed by atoms with Crippen molar-refractivity contribution in [1.82, 2.24) is 33.7 Å². The summed E-state index contributed by atoms with van der Waals surface area (Å²) in [5.41, 5.74) is 5.41. The van der Waals surface area contributed by atoms with Crippen LogP contribution in [-0.2, 0) is 18.7 Å². The van der Waals surface area contributed by atoms with Crippen LogP contribution in [0.15, 0.2) is 52.5 Å². The van der Waals surface area contributed by atoms with Gasteiger partial charge in [0.1, 0.15) is 5.56 Å². The number of benzene rings is 1. The number of thioether (sulfide) groups is 1. The number of hydrogen-bond acceptors (Lipinski definition) is 6. The van der Waals surface area contributed by atoms with Gasteiger partial charge in [0.2, 0.25) is 5.78 Å². The Morgan fingerprint density at radius 3 is 2.74 bits per heavy atom. The topological polar surface area (TPSA) is 82.9 Å². The van der Waals surface area contributed by atoms with Crippen molar-refractivity contribution in [1.29, 1.82) is 0 Å². The Balaban J connectivity index is 1.42. The normalized spacial score (nSPS) is 13.9. The number of aryl methyl sites for hydroxylation is 2. The van der Waals surface area contributed by atoms with Crippen molar-refractivity contribution in [3.63, 3.8) is 0 Å². The molecule has 8 nitrogen and oxygen atoms in total. The molecule has 3 aliphatic rings. The van der Waals surface area contributed by atoms with Gasteiger partial charge >= 0.3 is 0 Å². The molecule has 172 valence electrons. The second kappa shape index (κ2) is 8.39. The average Bonchev–Trinajstić information content (AvgIpc) is 3.29. The van der Waals surface area contributed by atoms with Crippen molar-refractivity contribution in [2.75, 3.05) is 0 Å². The molecule has 0 radical (unpaired) electrons. The summed E-state index contributed by atoms with van der Waals surface area (Å²) >= 11 is 1.65. The summed E-state index contributed by atoms with van der Waals surface area (Å²) in [5.74, 6) is 1.91. The van der Waals surface area contributed by atoms with Crippen LogP contribution >= 0.6 is 11.8 Å². The van der Waals surface area contributed by atoms with E-state index in [0.717, 1.165) is 71.6 Å². The minimum atomic E-state index is -0.0897. The Bertz CT molecular complexity index is 1530. The van der Waals surface area contributed by atoms with Crippen LogP contribution in [0, 0.1) is 13.8 Å². The first-order valence-electron chi connectivity index (χ1n) is 11.6. The number of aromatic nitrogens is 7. The van der Waals surface area contributed by atoms with Crippen molar-refractivity contribution in [2.24, 2.45) is 0 Å². The molecule has 0 spiro atoms. The molecule has 0 aliphatic carbocycles. The smallest absolute Gasteiger partial charge is 0.284 e. The highest BCUT2D eigenvalue weighted by Gasteiger charge is 2.27. The molecule has 1 aromatic carbocycles. The predicted molar refractivity (Wildman–Crippen MR) is 132 cm³/mol. The zero-order chi connectivity index (χ0) is 23.2. The summed E-state index contributed by atoms with van der Waals surface area (Å²) in [6, 6.07) is 11.6. The molecule has 2 aromatic heterocycles. The lowest BCUT2D eigenvalue weighted by atomic mass is 10.1. The number of imidazole rings is 1. The third kappa shape index (κ3) is 3.60. The average molecular weight is 472 g/mol. The van der Waals surface area contributed by atoms with E-state index in [4.69, 9.17) is 9.97 Å². The largest absolute Gasteiger partial charge is 0.324 e. The first-order chi connectivity index (χ1) is 16.6. The Labute approximate surface area is 201 Å². The lowest BCUT2D eigenvalue weighted by Crippen LogP contribution is -2.19. The second-order valence-electron chi connectivity index (χ2n) is 8.78. The fraction of sp³-hybridized carbons (Fsp3) is 0.320. The van der Waals surface area contributed by atoms with Crippen molar-refractivity contribution in [2.45, 2.75) is 57.0 Å². The van der Waals surface area contributed by atoms with Gasteiger partial charge in [0, 0.05) is 35.6 Å². The van der Waals surface area contributed by atoms with Gasteiger partial charge in [-0.05, 0) is 51.3 Å². The van der Waals surface area contributed by atoms with Crippen molar-refractivity contribution in [3.05, 3.63) is 75.7 Å². The summed E-state index contributed by atoms with van der Waals surface area (Å²) in [4.78, 5) is 27.5. The van der Waals surface area contributed by atoms with Crippen molar-refractivity contribution >= 4 is 17.5 Å². The summed E-state index contributed by atoms with van der Waals surface area (Å²) in [5, 5.41) is 5.52. The maximum Gasteiger partial charge on any atom is 0.284 e. The van der Waals surface area contributed by atoms with Gasteiger partial charge in [-0.15, -0.1) is 5.10 Å². The van der Waals surface area contributed by atoms with E-state index in [1.807, 2.05) is 47.9 Å². The SMILES string of the molecule is Cc1cc(C)n2cc(CSc3nc4nn(-c5ccccc5)c(=O)c-4c4n3CCCCC4)nc2n1. The van der Waals surface area contributed by atoms with Crippen LogP contribution in [0.3, 0.4) is 0 Å². The molecule has 5 heterocycles. The van der Waals surface area contributed by atoms with Crippen LogP contribution in [0.1, 0.15) is 42.0 Å². The zero-order valence-corrected chi connectivity index (χ0v) is 20.0. The Morgan fingerprint density at radius 1 is 1.03 bits per heavy atom. The van der Waals surface area contributed by atoms with Gasteiger partial charge in [0.25, 0.3) is 5.56 Å². The number of nitrogens with zero attached hydrogens (tertiary/aromatic N) is 7. The predicted octanol–water partition coefficient (Wildman–Crippen LogP) is 4.21. The van der Waals surface area contributed by atoms with E-state index in [1.165, 1.54) is 4.68 Å². The molecule has 9 heteroatoms. The van der Waals surface area contributed by atoms with Crippen molar-refractivity contribution < 1.29 is 0 Å². The maximum atomic E-state index is 13.4. The van der Waals surface area contributed by atoms with Gasteiger partial charge in [-0.2, -0.15) is 4.68 Å². The Hall–Kier alpha value is -3.46. The number of rotatable bonds is 4. The van der Waals surface area contributed by atoms with E-state index in [0.29, 0.717) is 17.1 Å². The quantitative estimate of drug-likeness (QED) is 0.288. The molecule has 0 N–H and O–H groups in total. The minimum absolute atomic E-state index is 0.0897. The summed E-state index contributed by atoms with van der Waals surface area (Å²) in [7, 11) is 0.